The normalized spacial score (nSPS) is 27.5. The summed E-state index contributed by atoms with van der Waals surface area (Å²) in [5.41, 5.74) is 0. The molecule has 0 aliphatic heterocycles. The molecule has 2 atom stereocenters. The van der Waals surface area contributed by atoms with Crippen LogP contribution >= 0.6 is 22.9 Å². The van der Waals surface area contributed by atoms with E-state index >= 15 is 0 Å². The third-order valence-corrected chi connectivity index (χ3v) is 3.71. The smallest absolute Gasteiger partial charge is 0.0558 e. The average molecular weight is 202 g/mol. The van der Waals surface area contributed by atoms with Gasteiger partial charge in [0.1, 0.15) is 0 Å². The lowest BCUT2D eigenvalue weighted by atomic mass is 10.4. The molecular weight excluding hydrogens is 190 g/mol. The van der Waals surface area contributed by atoms with Gasteiger partial charge in [0.2, 0.25) is 0 Å². The first-order chi connectivity index (χ1) is 5.77. The molecule has 66 valence electrons. The summed E-state index contributed by atoms with van der Waals surface area (Å²) < 4.78 is 0. The van der Waals surface area contributed by atoms with Gasteiger partial charge in [0.05, 0.1) is 5.02 Å². The predicted octanol–water partition coefficient (Wildman–Crippen LogP) is 2.90. The highest BCUT2D eigenvalue weighted by molar-refractivity contribution is 7.10. The van der Waals surface area contributed by atoms with E-state index in [1.165, 1.54) is 11.3 Å². The Morgan fingerprint density at radius 1 is 1.75 bits per heavy atom. The van der Waals surface area contributed by atoms with Crippen LogP contribution in [0.15, 0.2) is 11.4 Å². The first kappa shape index (κ1) is 8.54. The molecule has 1 fully saturated rings. The lowest BCUT2D eigenvalue weighted by Gasteiger charge is -2.00. The Morgan fingerprint density at radius 3 is 3.00 bits per heavy atom. The van der Waals surface area contributed by atoms with Gasteiger partial charge < -0.3 is 5.32 Å². The summed E-state index contributed by atoms with van der Waals surface area (Å²) in [4.78, 5) is 1.26. The molecule has 12 heavy (non-hydrogen) atoms. The third-order valence-electron chi connectivity index (χ3n) is 2.33. The summed E-state index contributed by atoms with van der Waals surface area (Å²) in [5, 5.41) is 6.42. The molecule has 1 aromatic heterocycles. The first-order valence-corrected chi connectivity index (χ1v) is 5.48. The van der Waals surface area contributed by atoms with E-state index in [2.05, 4.69) is 12.2 Å². The molecule has 0 radical (unpaired) electrons. The number of nitrogens with one attached hydrogen (secondary N) is 1. The third kappa shape index (κ3) is 1.82. The van der Waals surface area contributed by atoms with Crippen molar-refractivity contribution in [1.29, 1.82) is 0 Å². The van der Waals surface area contributed by atoms with Crippen LogP contribution in [0.25, 0.3) is 0 Å². The van der Waals surface area contributed by atoms with Crippen molar-refractivity contribution in [3.8, 4) is 0 Å². The van der Waals surface area contributed by atoms with Gasteiger partial charge in [-0.1, -0.05) is 18.5 Å². The van der Waals surface area contributed by atoms with Gasteiger partial charge in [-0.05, 0) is 23.8 Å². The van der Waals surface area contributed by atoms with E-state index in [9.17, 15) is 0 Å². The van der Waals surface area contributed by atoms with E-state index in [1.807, 2.05) is 11.4 Å². The van der Waals surface area contributed by atoms with Crippen LogP contribution in [0.2, 0.25) is 5.02 Å². The van der Waals surface area contributed by atoms with E-state index in [0.717, 1.165) is 23.5 Å². The summed E-state index contributed by atoms with van der Waals surface area (Å²) in [5.74, 6) is 0.865. The molecule has 1 aliphatic rings. The molecule has 1 nitrogen and oxygen atoms in total. The van der Waals surface area contributed by atoms with Gasteiger partial charge in [-0.25, -0.2) is 0 Å². The maximum absolute atomic E-state index is 5.95. The van der Waals surface area contributed by atoms with E-state index < -0.39 is 0 Å². The molecule has 0 unspecified atom stereocenters. The van der Waals surface area contributed by atoms with Crippen LogP contribution in [0.3, 0.4) is 0 Å². The van der Waals surface area contributed by atoms with Crippen molar-refractivity contribution in [3.05, 3.63) is 21.3 Å². The summed E-state index contributed by atoms with van der Waals surface area (Å²) in [6, 6.07) is 2.70. The summed E-state index contributed by atoms with van der Waals surface area (Å²) in [6.07, 6.45) is 1.32. The highest BCUT2D eigenvalue weighted by atomic mass is 35.5. The van der Waals surface area contributed by atoms with Gasteiger partial charge in [-0.15, -0.1) is 11.3 Å². The molecule has 0 bridgehead atoms. The van der Waals surface area contributed by atoms with Gasteiger partial charge in [-0.3, -0.25) is 0 Å². The standard InChI is InChI=1S/C9H12ClNS/c1-6-4-8(6)11-5-9-7(10)2-3-12-9/h2-3,6,8,11H,4-5H2,1H3/t6-,8-/m1/s1. The minimum Gasteiger partial charge on any atom is -0.309 e. The van der Waals surface area contributed by atoms with Crippen molar-refractivity contribution in [2.75, 3.05) is 0 Å². The zero-order valence-corrected chi connectivity index (χ0v) is 8.58. The number of hydrogen-bond donors (Lipinski definition) is 1. The lowest BCUT2D eigenvalue weighted by Crippen LogP contribution is -2.16. The summed E-state index contributed by atoms with van der Waals surface area (Å²) in [7, 11) is 0. The lowest BCUT2D eigenvalue weighted by molar-refractivity contribution is 0.658. The molecule has 1 aliphatic carbocycles. The SMILES string of the molecule is C[C@@H]1C[C@H]1NCc1sccc1Cl. The van der Waals surface area contributed by atoms with Crippen LogP contribution in [-0.2, 0) is 6.54 Å². The maximum atomic E-state index is 5.95. The van der Waals surface area contributed by atoms with E-state index in [4.69, 9.17) is 11.6 Å². The monoisotopic (exact) mass is 201 g/mol. The minimum absolute atomic E-state index is 0.739. The van der Waals surface area contributed by atoms with Crippen molar-refractivity contribution >= 4 is 22.9 Å². The molecule has 3 heteroatoms. The molecule has 0 spiro atoms. The highest BCUT2D eigenvalue weighted by Gasteiger charge is 2.31. The van der Waals surface area contributed by atoms with Crippen LogP contribution in [0.5, 0.6) is 0 Å². The second kappa shape index (κ2) is 3.36. The second-order valence-corrected chi connectivity index (χ2v) is 4.80. The molecule has 2 rings (SSSR count). The molecule has 1 heterocycles. The van der Waals surface area contributed by atoms with Crippen LogP contribution in [0.1, 0.15) is 18.2 Å². The number of rotatable bonds is 3. The fourth-order valence-electron chi connectivity index (χ4n) is 1.28. The molecule has 0 aromatic carbocycles. The van der Waals surface area contributed by atoms with Crippen LogP contribution in [-0.4, -0.2) is 6.04 Å². The van der Waals surface area contributed by atoms with Crippen molar-refractivity contribution in [1.82, 2.24) is 5.32 Å². The average Bonchev–Trinajstić information content (AvgIpc) is 2.57. The number of halogens is 1. The van der Waals surface area contributed by atoms with Gasteiger partial charge in [-0.2, -0.15) is 0 Å². The molecule has 1 aromatic rings. The van der Waals surface area contributed by atoms with E-state index in [0.29, 0.717) is 0 Å². The van der Waals surface area contributed by atoms with Gasteiger partial charge in [0.25, 0.3) is 0 Å². The zero-order chi connectivity index (χ0) is 8.55. The Morgan fingerprint density at radius 2 is 2.50 bits per heavy atom. The Hall–Kier alpha value is -0.0500. The van der Waals surface area contributed by atoms with Crippen LogP contribution in [0, 0.1) is 5.92 Å². The first-order valence-electron chi connectivity index (χ1n) is 4.22. The van der Waals surface area contributed by atoms with Crippen molar-refractivity contribution in [3.63, 3.8) is 0 Å². The fourth-order valence-corrected chi connectivity index (χ4v) is 2.34. The van der Waals surface area contributed by atoms with E-state index in [-0.39, 0.29) is 0 Å². The predicted molar refractivity (Wildman–Crippen MR) is 53.7 cm³/mol. The molecular formula is C9H12ClNS. The second-order valence-electron chi connectivity index (χ2n) is 3.39. The van der Waals surface area contributed by atoms with Crippen molar-refractivity contribution in [2.45, 2.75) is 25.9 Å². The van der Waals surface area contributed by atoms with Gasteiger partial charge in [0, 0.05) is 17.5 Å². The minimum atomic E-state index is 0.739. The Balaban J connectivity index is 1.84. The molecule has 1 saturated carbocycles. The molecule has 0 saturated heterocycles. The number of hydrogen-bond acceptors (Lipinski definition) is 2. The van der Waals surface area contributed by atoms with Crippen molar-refractivity contribution in [2.24, 2.45) is 5.92 Å². The Labute approximate surface area is 81.7 Å². The Kier molecular flexibility index (Phi) is 2.40. The molecule has 0 amide bonds. The fraction of sp³-hybridized carbons (Fsp3) is 0.556. The Bertz CT molecular complexity index is 271. The molecule has 1 N–H and O–H groups in total. The highest BCUT2D eigenvalue weighted by Crippen LogP contribution is 2.30. The topological polar surface area (TPSA) is 12.0 Å². The van der Waals surface area contributed by atoms with Crippen LogP contribution < -0.4 is 5.32 Å². The summed E-state index contributed by atoms with van der Waals surface area (Å²) >= 11 is 7.68. The van der Waals surface area contributed by atoms with Gasteiger partial charge >= 0.3 is 0 Å². The summed E-state index contributed by atoms with van der Waals surface area (Å²) in [6.45, 7) is 3.21. The van der Waals surface area contributed by atoms with Crippen molar-refractivity contribution < 1.29 is 0 Å². The zero-order valence-electron chi connectivity index (χ0n) is 7.01. The van der Waals surface area contributed by atoms with E-state index in [1.54, 1.807) is 11.3 Å². The van der Waals surface area contributed by atoms with Crippen LogP contribution in [0.4, 0.5) is 0 Å². The maximum Gasteiger partial charge on any atom is 0.0558 e. The van der Waals surface area contributed by atoms with Gasteiger partial charge in [0.15, 0.2) is 0 Å². The largest absolute Gasteiger partial charge is 0.309 e. The quantitative estimate of drug-likeness (QED) is 0.793. The number of thiophene rings is 1.